The first kappa shape index (κ1) is 14.5. The third kappa shape index (κ3) is 2.66. The van der Waals surface area contributed by atoms with Crippen molar-refractivity contribution in [3.05, 3.63) is 35.6 Å². The number of hydrogen-bond donors (Lipinski definition) is 1. The molecule has 0 aliphatic carbocycles. The van der Waals surface area contributed by atoms with Gasteiger partial charge in [0.2, 0.25) is 5.91 Å². The Hall–Kier alpha value is -1.91. The molecule has 1 aromatic rings. The first-order chi connectivity index (χ1) is 9.41. The molecule has 108 valence electrons. The fourth-order valence-corrected chi connectivity index (χ4v) is 2.87. The Morgan fingerprint density at radius 1 is 1.45 bits per heavy atom. The van der Waals surface area contributed by atoms with Crippen LogP contribution in [0.4, 0.5) is 4.39 Å². The average Bonchev–Trinajstić information content (AvgIpc) is 2.37. The summed E-state index contributed by atoms with van der Waals surface area (Å²) in [6.45, 7) is 3.68. The Morgan fingerprint density at radius 2 is 2.15 bits per heavy atom. The monoisotopic (exact) mass is 279 g/mol. The van der Waals surface area contributed by atoms with Gasteiger partial charge in [0.15, 0.2) is 0 Å². The van der Waals surface area contributed by atoms with Gasteiger partial charge in [-0.1, -0.05) is 12.1 Å². The van der Waals surface area contributed by atoms with E-state index in [9.17, 15) is 19.1 Å². The van der Waals surface area contributed by atoms with E-state index in [-0.39, 0.29) is 18.4 Å². The van der Waals surface area contributed by atoms with Gasteiger partial charge in [0.1, 0.15) is 5.82 Å². The van der Waals surface area contributed by atoms with Crippen LogP contribution < -0.4 is 0 Å². The maximum atomic E-state index is 13.4. The Balaban J connectivity index is 2.48. The molecule has 0 bridgehead atoms. The number of rotatable bonds is 3. The lowest BCUT2D eigenvalue weighted by atomic mass is 9.83. The minimum Gasteiger partial charge on any atom is -0.481 e. The van der Waals surface area contributed by atoms with Gasteiger partial charge >= 0.3 is 5.97 Å². The average molecular weight is 279 g/mol. The third-order valence-electron chi connectivity index (χ3n) is 3.70. The van der Waals surface area contributed by atoms with Crippen molar-refractivity contribution >= 4 is 11.9 Å². The Bertz CT molecular complexity index is 530. The number of halogens is 1. The highest BCUT2D eigenvalue weighted by atomic mass is 19.1. The number of aliphatic carboxylic acids is 1. The molecule has 1 N–H and O–H groups in total. The van der Waals surface area contributed by atoms with Crippen molar-refractivity contribution in [2.24, 2.45) is 5.92 Å². The molecular weight excluding hydrogens is 261 g/mol. The minimum absolute atomic E-state index is 0.0771. The summed E-state index contributed by atoms with van der Waals surface area (Å²) in [6, 6.07) is 5.11. The van der Waals surface area contributed by atoms with Gasteiger partial charge in [-0.2, -0.15) is 0 Å². The number of carboxylic acids is 1. The number of carboxylic acid groups (broad SMARTS) is 1. The lowest BCUT2D eigenvalue weighted by molar-refractivity contribution is -0.153. The Kier molecular flexibility index (Phi) is 4.06. The predicted octanol–water partition coefficient (Wildman–Crippen LogP) is 2.60. The summed E-state index contributed by atoms with van der Waals surface area (Å²) >= 11 is 0. The second-order valence-corrected chi connectivity index (χ2v) is 5.38. The van der Waals surface area contributed by atoms with Crippen LogP contribution in [0.25, 0.3) is 0 Å². The number of hydrogen-bond acceptors (Lipinski definition) is 2. The van der Waals surface area contributed by atoms with E-state index in [1.807, 2.05) is 13.8 Å². The van der Waals surface area contributed by atoms with E-state index >= 15 is 0 Å². The molecule has 1 aliphatic rings. The first-order valence-corrected chi connectivity index (χ1v) is 6.71. The van der Waals surface area contributed by atoms with Crippen LogP contribution in [-0.2, 0) is 9.59 Å². The quantitative estimate of drug-likeness (QED) is 0.925. The highest BCUT2D eigenvalue weighted by Crippen LogP contribution is 2.38. The van der Waals surface area contributed by atoms with Gasteiger partial charge in [-0.25, -0.2) is 4.39 Å². The zero-order valence-corrected chi connectivity index (χ0v) is 11.5. The lowest BCUT2D eigenvalue weighted by Gasteiger charge is -2.42. The molecule has 0 saturated carbocycles. The Labute approximate surface area is 117 Å². The number of carbonyl (C=O) groups is 2. The summed E-state index contributed by atoms with van der Waals surface area (Å²) in [6.07, 6.45) is 0.513. The van der Waals surface area contributed by atoms with Crippen molar-refractivity contribution in [2.75, 3.05) is 0 Å². The number of amides is 1. The van der Waals surface area contributed by atoms with E-state index in [4.69, 9.17) is 0 Å². The van der Waals surface area contributed by atoms with E-state index in [1.165, 1.54) is 12.1 Å². The van der Waals surface area contributed by atoms with Crippen molar-refractivity contribution in [1.82, 2.24) is 4.90 Å². The summed E-state index contributed by atoms with van der Waals surface area (Å²) < 4.78 is 13.4. The molecule has 0 radical (unpaired) electrons. The minimum atomic E-state index is -0.947. The molecule has 1 aromatic carbocycles. The van der Waals surface area contributed by atoms with Gasteiger partial charge < -0.3 is 10.0 Å². The number of piperidine rings is 1. The molecule has 1 heterocycles. The fourth-order valence-electron chi connectivity index (χ4n) is 2.87. The normalized spacial score (nSPS) is 23.2. The van der Waals surface area contributed by atoms with Crippen molar-refractivity contribution in [2.45, 2.75) is 38.8 Å². The molecule has 2 unspecified atom stereocenters. The molecule has 1 amide bonds. The summed E-state index contributed by atoms with van der Waals surface area (Å²) in [7, 11) is 0. The summed E-state index contributed by atoms with van der Waals surface area (Å²) in [5.41, 5.74) is 0.541. The number of carbonyl (C=O) groups excluding carboxylic acids is 1. The van der Waals surface area contributed by atoms with E-state index in [2.05, 4.69) is 0 Å². The van der Waals surface area contributed by atoms with Gasteiger partial charge in [0.05, 0.1) is 12.0 Å². The molecule has 1 fully saturated rings. The second kappa shape index (κ2) is 5.61. The lowest BCUT2D eigenvalue weighted by Crippen LogP contribution is -2.48. The zero-order chi connectivity index (χ0) is 14.9. The van der Waals surface area contributed by atoms with Crippen LogP contribution >= 0.6 is 0 Å². The fraction of sp³-hybridized carbons (Fsp3) is 0.467. The van der Waals surface area contributed by atoms with Crippen LogP contribution in [0.3, 0.4) is 0 Å². The van der Waals surface area contributed by atoms with Gasteiger partial charge in [0, 0.05) is 12.5 Å². The van der Waals surface area contributed by atoms with Gasteiger partial charge in [0.25, 0.3) is 0 Å². The van der Waals surface area contributed by atoms with Crippen LogP contribution in [-0.4, -0.2) is 27.9 Å². The summed E-state index contributed by atoms with van der Waals surface area (Å²) in [5.74, 6) is -2.14. The van der Waals surface area contributed by atoms with E-state index in [0.717, 1.165) is 0 Å². The van der Waals surface area contributed by atoms with Crippen molar-refractivity contribution in [3.8, 4) is 0 Å². The van der Waals surface area contributed by atoms with Crippen LogP contribution in [0.2, 0.25) is 0 Å². The van der Waals surface area contributed by atoms with Gasteiger partial charge in [-0.05, 0) is 38.0 Å². The highest BCUT2D eigenvalue weighted by molar-refractivity contribution is 5.82. The molecule has 2 rings (SSSR count). The summed E-state index contributed by atoms with van der Waals surface area (Å²) in [4.78, 5) is 25.1. The molecule has 5 heteroatoms. The van der Waals surface area contributed by atoms with Crippen LogP contribution in [0, 0.1) is 11.7 Å². The number of nitrogens with zero attached hydrogens (tertiary/aromatic N) is 1. The predicted molar refractivity (Wildman–Crippen MR) is 71.5 cm³/mol. The summed E-state index contributed by atoms with van der Waals surface area (Å²) in [5, 5.41) is 9.39. The molecule has 20 heavy (non-hydrogen) atoms. The molecule has 1 aliphatic heterocycles. The van der Waals surface area contributed by atoms with Gasteiger partial charge in [-0.3, -0.25) is 9.59 Å². The van der Waals surface area contributed by atoms with E-state index in [1.54, 1.807) is 17.0 Å². The topological polar surface area (TPSA) is 57.6 Å². The molecule has 2 atom stereocenters. The second-order valence-electron chi connectivity index (χ2n) is 5.38. The molecular formula is C15H18FNO3. The molecule has 0 spiro atoms. The van der Waals surface area contributed by atoms with E-state index in [0.29, 0.717) is 12.0 Å². The largest absolute Gasteiger partial charge is 0.481 e. The zero-order valence-electron chi connectivity index (χ0n) is 11.5. The maximum Gasteiger partial charge on any atom is 0.308 e. The number of benzene rings is 1. The van der Waals surface area contributed by atoms with Crippen LogP contribution in [0.1, 0.15) is 38.3 Å². The Morgan fingerprint density at radius 3 is 2.70 bits per heavy atom. The van der Waals surface area contributed by atoms with Crippen molar-refractivity contribution in [3.63, 3.8) is 0 Å². The SMILES string of the molecule is CC(C)N1C(=O)CCC(C(=O)O)C1c1cccc(F)c1. The van der Waals surface area contributed by atoms with Crippen LogP contribution in [0.15, 0.2) is 24.3 Å². The van der Waals surface area contributed by atoms with Crippen molar-refractivity contribution < 1.29 is 19.1 Å². The third-order valence-corrected chi connectivity index (χ3v) is 3.70. The smallest absolute Gasteiger partial charge is 0.308 e. The molecule has 1 saturated heterocycles. The first-order valence-electron chi connectivity index (χ1n) is 6.71. The molecule has 4 nitrogen and oxygen atoms in total. The van der Waals surface area contributed by atoms with Crippen molar-refractivity contribution in [1.29, 1.82) is 0 Å². The highest BCUT2D eigenvalue weighted by Gasteiger charge is 2.41. The van der Waals surface area contributed by atoms with E-state index < -0.39 is 23.7 Å². The maximum absolute atomic E-state index is 13.4. The number of likely N-dealkylation sites (tertiary alicyclic amines) is 1. The standard InChI is InChI=1S/C15H18FNO3/c1-9(2)17-13(18)7-6-12(15(19)20)14(17)10-4-3-5-11(16)8-10/h3-5,8-9,12,14H,6-7H2,1-2H3,(H,19,20). The molecule has 0 aromatic heterocycles. The van der Waals surface area contributed by atoms with Gasteiger partial charge in [-0.15, -0.1) is 0 Å². The van der Waals surface area contributed by atoms with Crippen LogP contribution in [0.5, 0.6) is 0 Å².